The molecule has 3 aliphatic rings. The lowest BCUT2D eigenvalue weighted by Crippen LogP contribution is -2.60. The summed E-state index contributed by atoms with van der Waals surface area (Å²) in [5, 5.41) is 14.5. The van der Waals surface area contributed by atoms with E-state index in [9.17, 15) is 14.4 Å². The quantitative estimate of drug-likeness (QED) is 0.627. The van der Waals surface area contributed by atoms with Crippen LogP contribution >= 0.6 is 0 Å². The third-order valence-electron chi connectivity index (χ3n) is 9.06. The van der Waals surface area contributed by atoms with Gasteiger partial charge in [-0.3, -0.25) is 14.4 Å². The summed E-state index contributed by atoms with van der Waals surface area (Å²) in [5.74, 6) is 1.55. The van der Waals surface area contributed by atoms with Gasteiger partial charge in [-0.05, 0) is 83.9 Å². The molecule has 216 valence electrons. The van der Waals surface area contributed by atoms with Crippen molar-refractivity contribution in [3.05, 3.63) is 41.7 Å². The summed E-state index contributed by atoms with van der Waals surface area (Å²) in [6.45, 7) is 9.03. The molecular weight excluding hydrogens is 506 g/mol. The van der Waals surface area contributed by atoms with E-state index in [1.807, 2.05) is 29.2 Å². The Labute approximate surface area is 236 Å². The van der Waals surface area contributed by atoms with Gasteiger partial charge in [-0.25, -0.2) is 4.68 Å². The predicted octanol–water partition coefficient (Wildman–Crippen LogP) is 3.14. The third-order valence-corrected chi connectivity index (χ3v) is 9.06. The molecule has 3 amide bonds. The average molecular weight is 550 g/mol. The van der Waals surface area contributed by atoms with Gasteiger partial charge in [0.2, 0.25) is 11.8 Å². The van der Waals surface area contributed by atoms with E-state index in [0.29, 0.717) is 50.5 Å². The largest absolute Gasteiger partial charge is 0.353 e. The van der Waals surface area contributed by atoms with E-state index < -0.39 is 0 Å². The molecule has 2 aromatic rings. The fourth-order valence-corrected chi connectivity index (χ4v) is 6.85. The van der Waals surface area contributed by atoms with Gasteiger partial charge in [-0.1, -0.05) is 32.9 Å². The molecule has 0 unspecified atom stereocenters. The first-order valence-electron chi connectivity index (χ1n) is 14.9. The molecule has 1 aromatic carbocycles. The summed E-state index contributed by atoms with van der Waals surface area (Å²) in [6.07, 6.45) is 7.00. The van der Waals surface area contributed by atoms with Crippen LogP contribution in [0.3, 0.4) is 0 Å². The molecule has 40 heavy (non-hydrogen) atoms. The maximum absolute atomic E-state index is 13.6. The number of hydrogen-bond donors (Lipinski definition) is 1. The Kier molecular flexibility index (Phi) is 8.81. The van der Waals surface area contributed by atoms with Crippen LogP contribution in [-0.4, -0.2) is 79.4 Å². The maximum atomic E-state index is 13.6. The number of amides is 3. The lowest BCUT2D eigenvalue weighted by atomic mass is 9.77. The molecule has 0 radical (unpaired) electrons. The lowest BCUT2D eigenvalue weighted by Gasteiger charge is -2.51. The fourth-order valence-electron chi connectivity index (χ4n) is 6.85. The molecule has 3 saturated heterocycles. The van der Waals surface area contributed by atoms with Crippen LogP contribution in [0, 0.1) is 23.7 Å². The SMILES string of the molecule is CC(C)[C@@H]1CC[C@@H](C)CC(=O)N2C[C@H]3C[C@@H](CN(C(=O)c4ccc(Cn5cnnn5)cc4)C3)[C@@H]2CCCC(=O)N1. The van der Waals surface area contributed by atoms with Gasteiger partial charge in [0.05, 0.1) is 6.54 Å². The van der Waals surface area contributed by atoms with Gasteiger partial charge in [-0.15, -0.1) is 5.10 Å². The smallest absolute Gasteiger partial charge is 0.253 e. The first-order valence-corrected chi connectivity index (χ1v) is 14.9. The molecule has 3 aliphatic heterocycles. The monoisotopic (exact) mass is 549 g/mol. The van der Waals surface area contributed by atoms with Gasteiger partial charge in [-0.2, -0.15) is 0 Å². The summed E-state index contributed by atoms with van der Waals surface area (Å²) in [4.78, 5) is 44.0. The molecule has 5 atom stereocenters. The van der Waals surface area contributed by atoms with Crippen molar-refractivity contribution in [3.8, 4) is 0 Å². The number of rotatable bonds is 4. The third kappa shape index (κ3) is 6.70. The second-order valence-electron chi connectivity index (χ2n) is 12.6. The molecule has 10 heteroatoms. The van der Waals surface area contributed by atoms with Crippen molar-refractivity contribution in [2.45, 2.75) is 84.3 Å². The highest BCUT2D eigenvalue weighted by Gasteiger charge is 2.43. The molecule has 0 saturated carbocycles. The van der Waals surface area contributed by atoms with E-state index in [0.717, 1.165) is 37.7 Å². The Morgan fingerprint density at radius 1 is 1.07 bits per heavy atom. The van der Waals surface area contributed by atoms with E-state index in [-0.39, 0.29) is 47.6 Å². The molecule has 5 rings (SSSR count). The van der Waals surface area contributed by atoms with Gasteiger partial charge in [0, 0.05) is 50.1 Å². The summed E-state index contributed by atoms with van der Waals surface area (Å²) in [6, 6.07) is 7.88. The molecule has 0 spiro atoms. The standard InChI is InChI=1S/C30H43N7O3/c1-20(2)26-12-7-21(3)13-29(39)37-17-23-14-25(27(37)5-4-6-28(38)32-26)18-35(15-23)30(40)24-10-8-22(9-11-24)16-36-19-31-33-34-36/h8-11,19-21,23,25-27H,4-7,12-18H2,1-3H3,(H,32,38)/t21-,23+,25+,26+,27+/m1/s1. The molecular formula is C30H43N7O3. The Balaban J connectivity index is 1.27. The van der Waals surface area contributed by atoms with Crippen molar-refractivity contribution in [3.63, 3.8) is 0 Å². The van der Waals surface area contributed by atoms with E-state index >= 15 is 0 Å². The van der Waals surface area contributed by atoms with Gasteiger partial charge >= 0.3 is 0 Å². The van der Waals surface area contributed by atoms with E-state index in [1.165, 1.54) is 0 Å². The van der Waals surface area contributed by atoms with Crippen LogP contribution in [0.15, 0.2) is 30.6 Å². The number of carbonyl (C=O) groups is 3. The molecule has 3 fully saturated rings. The number of piperidine rings is 2. The zero-order chi connectivity index (χ0) is 28.2. The Morgan fingerprint density at radius 2 is 1.88 bits per heavy atom. The van der Waals surface area contributed by atoms with Gasteiger partial charge in [0.25, 0.3) is 5.91 Å². The number of likely N-dealkylation sites (tertiary alicyclic amines) is 1. The fraction of sp³-hybridized carbons (Fsp3) is 0.667. The highest BCUT2D eigenvalue weighted by molar-refractivity contribution is 5.94. The van der Waals surface area contributed by atoms with Crippen molar-refractivity contribution in [2.75, 3.05) is 19.6 Å². The minimum absolute atomic E-state index is 0.0424. The van der Waals surface area contributed by atoms with Crippen LogP contribution in [0.4, 0.5) is 0 Å². The molecule has 4 heterocycles. The normalized spacial score (nSPS) is 28.2. The molecule has 1 N–H and O–H groups in total. The zero-order valence-corrected chi connectivity index (χ0v) is 24.0. The predicted molar refractivity (Wildman–Crippen MR) is 150 cm³/mol. The van der Waals surface area contributed by atoms with Crippen LogP contribution in [0.25, 0.3) is 0 Å². The summed E-state index contributed by atoms with van der Waals surface area (Å²) in [7, 11) is 0. The summed E-state index contributed by atoms with van der Waals surface area (Å²) in [5.41, 5.74) is 1.70. The zero-order valence-electron chi connectivity index (χ0n) is 24.0. The minimum atomic E-state index is 0.0424. The number of carbonyl (C=O) groups excluding carboxylic acids is 3. The first kappa shape index (κ1) is 28.2. The average Bonchev–Trinajstić information content (AvgIpc) is 3.44. The van der Waals surface area contributed by atoms with Crippen molar-refractivity contribution < 1.29 is 14.4 Å². The van der Waals surface area contributed by atoms with Crippen LogP contribution in [0.2, 0.25) is 0 Å². The van der Waals surface area contributed by atoms with E-state index in [4.69, 9.17) is 0 Å². The second-order valence-corrected chi connectivity index (χ2v) is 12.6. The number of nitrogens with one attached hydrogen (secondary N) is 1. The number of nitrogens with zero attached hydrogens (tertiary/aromatic N) is 6. The second kappa shape index (κ2) is 12.5. The Hall–Kier alpha value is -3.30. The molecule has 2 bridgehead atoms. The number of benzene rings is 1. The van der Waals surface area contributed by atoms with E-state index in [1.54, 1.807) is 11.0 Å². The van der Waals surface area contributed by atoms with Crippen LogP contribution in [-0.2, 0) is 16.1 Å². The van der Waals surface area contributed by atoms with Crippen LogP contribution in [0.1, 0.15) is 81.6 Å². The summed E-state index contributed by atoms with van der Waals surface area (Å²) < 4.78 is 1.65. The molecule has 0 aliphatic carbocycles. The number of aromatic nitrogens is 4. The van der Waals surface area contributed by atoms with Gasteiger partial charge in [0.1, 0.15) is 6.33 Å². The van der Waals surface area contributed by atoms with Crippen LogP contribution in [0.5, 0.6) is 0 Å². The minimum Gasteiger partial charge on any atom is -0.353 e. The van der Waals surface area contributed by atoms with Gasteiger partial charge < -0.3 is 15.1 Å². The highest BCUT2D eigenvalue weighted by atomic mass is 16.2. The van der Waals surface area contributed by atoms with Crippen molar-refractivity contribution in [1.82, 2.24) is 35.3 Å². The number of tetrazole rings is 1. The Morgan fingerprint density at radius 3 is 2.60 bits per heavy atom. The summed E-state index contributed by atoms with van der Waals surface area (Å²) >= 11 is 0. The number of fused-ring (bicyclic) bond motifs is 4. The highest BCUT2D eigenvalue weighted by Crippen LogP contribution is 2.37. The van der Waals surface area contributed by atoms with Crippen molar-refractivity contribution in [2.24, 2.45) is 23.7 Å². The van der Waals surface area contributed by atoms with Crippen molar-refractivity contribution >= 4 is 17.7 Å². The Bertz CT molecular complexity index is 1170. The molecule has 10 nitrogen and oxygen atoms in total. The maximum Gasteiger partial charge on any atom is 0.253 e. The van der Waals surface area contributed by atoms with Crippen molar-refractivity contribution in [1.29, 1.82) is 0 Å². The van der Waals surface area contributed by atoms with Gasteiger partial charge in [0.15, 0.2) is 0 Å². The van der Waals surface area contributed by atoms with Crippen LogP contribution < -0.4 is 5.32 Å². The first-order chi connectivity index (χ1) is 19.3. The molecule has 1 aromatic heterocycles. The lowest BCUT2D eigenvalue weighted by molar-refractivity contribution is -0.141. The topological polar surface area (TPSA) is 113 Å². The van der Waals surface area contributed by atoms with E-state index in [2.05, 4.69) is 46.5 Å². The number of hydrogen-bond acceptors (Lipinski definition) is 6.